The smallest absolute Gasteiger partial charge is 0.0706 e. The Morgan fingerprint density at radius 2 is 1.11 bits per heavy atom. The van der Waals surface area contributed by atoms with Crippen molar-refractivity contribution in [2.75, 3.05) is 0 Å². The second-order valence-electron chi connectivity index (χ2n) is 12.7. The third-order valence-electron chi connectivity index (χ3n) is 10.1. The van der Waals surface area contributed by atoms with Crippen LogP contribution in [0.4, 0.5) is 0 Å². The van der Waals surface area contributed by atoms with Crippen LogP contribution in [0.5, 0.6) is 0 Å². The van der Waals surface area contributed by atoms with Gasteiger partial charge in [-0.3, -0.25) is 0 Å². The van der Waals surface area contributed by atoms with Gasteiger partial charge in [0.15, 0.2) is 0 Å². The first-order valence-corrected chi connectivity index (χ1v) is 16.3. The van der Waals surface area contributed by atoms with Crippen LogP contribution in [0.3, 0.4) is 0 Å². The molecule has 8 rings (SSSR count). The molecule has 0 aromatic heterocycles. The van der Waals surface area contributed by atoms with E-state index in [9.17, 15) is 0 Å². The molecule has 6 aromatic carbocycles. The maximum absolute atomic E-state index is 7.35. The molecule has 0 bridgehead atoms. The van der Waals surface area contributed by atoms with Gasteiger partial charge in [0.25, 0.3) is 0 Å². The van der Waals surface area contributed by atoms with Crippen molar-refractivity contribution in [3.8, 4) is 11.1 Å². The summed E-state index contributed by atoms with van der Waals surface area (Å²) in [5.41, 5.74) is 20.5. The molecule has 0 fully saturated rings. The quantitative estimate of drug-likeness (QED) is 0.196. The highest BCUT2D eigenvalue weighted by molar-refractivity contribution is 5.92. The first-order valence-electron chi connectivity index (χ1n) is 16.3. The molecule has 1 atom stereocenters. The van der Waals surface area contributed by atoms with Gasteiger partial charge >= 0.3 is 0 Å². The molecule has 1 unspecified atom stereocenters. The topological polar surface area (TPSA) is 26.0 Å². The normalized spacial score (nSPS) is 16.0. The minimum atomic E-state index is -0.649. The van der Waals surface area contributed by atoms with Crippen LogP contribution < -0.4 is 5.73 Å². The molecule has 46 heavy (non-hydrogen) atoms. The number of allylic oxidation sites excluding steroid dienone is 4. The summed E-state index contributed by atoms with van der Waals surface area (Å²) in [4.78, 5) is 0. The molecule has 6 aromatic rings. The van der Waals surface area contributed by atoms with E-state index < -0.39 is 5.54 Å². The molecule has 0 saturated carbocycles. The van der Waals surface area contributed by atoms with Crippen LogP contribution in [0.15, 0.2) is 182 Å². The van der Waals surface area contributed by atoms with Gasteiger partial charge in [-0.05, 0) is 86.5 Å². The predicted molar refractivity (Wildman–Crippen MR) is 191 cm³/mol. The van der Waals surface area contributed by atoms with Crippen LogP contribution in [0.1, 0.15) is 51.8 Å². The molecule has 0 saturated heterocycles. The van der Waals surface area contributed by atoms with E-state index in [1.807, 2.05) is 0 Å². The standard InChI is InChI=1S/C45H37N/c46-44(36-17-7-2-8-18-36,32-33-15-5-1-6-16-33)37-28-25-34(26-29-37)35-27-30-41-40-23-13-14-24-42(40)45(43(41)31-35,38-19-9-3-10-20-38)39-21-11-4-12-22-39/h1-13,15-23,25-31H,14,24,32,46H2. The lowest BCUT2D eigenvalue weighted by Crippen LogP contribution is -2.40. The lowest BCUT2D eigenvalue weighted by molar-refractivity contribution is 0.535. The Morgan fingerprint density at radius 1 is 0.565 bits per heavy atom. The van der Waals surface area contributed by atoms with Gasteiger partial charge in [-0.25, -0.2) is 0 Å². The van der Waals surface area contributed by atoms with Crippen molar-refractivity contribution >= 4 is 5.57 Å². The zero-order chi connectivity index (χ0) is 31.0. The number of hydrogen-bond acceptors (Lipinski definition) is 1. The summed E-state index contributed by atoms with van der Waals surface area (Å²) in [6, 6.07) is 59.3. The summed E-state index contributed by atoms with van der Waals surface area (Å²) in [5.74, 6) is 0. The molecule has 2 aliphatic carbocycles. The number of benzene rings is 6. The molecule has 1 nitrogen and oxygen atoms in total. The molecule has 0 amide bonds. The van der Waals surface area contributed by atoms with E-state index in [0.717, 1.165) is 30.4 Å². The fourth-order valence-corrected chi connectivity index (χ4v) is 7.92. The number of fused-ring (bicyclic) bond motifs is 2. The van der Waals surface area contributed by atoms with Crippen LogP contribution in [-0.4, -0.2) is 0 Å². The van der Waals surface area contributed by atoms with Crippen molar-refractivity contribution in [3.63, 3.8) is 0 Å². The van der Waals surface area contributed by atoms with Gasteiger partial charge in [0.2, 0.25) is 0 Å². The average Bonchev–Trinajstić information content (AvgIpc) is 3.43. The van der Waals surface area contributed by atoms with E-state index in [1.54, 1.807) is 0 Å². The van der Waals surface area contributed by atoms with Gasteiger partial charge in [-0.2, -0.15) is 0 Å². The molecule has 0 spiro atoms. The first kappa shape index (κ1) is 28.2. The highest BCUT2D eigenvalue weighted by Gasteiger charge is 2.47. The van der Waals surface area contributed by atoms with Crippen molar-refractivity contribution in [1.82, 2.24) is 0 Å². The summed E-state index contributed by atoms with van der Waals surface area (Å²) < 4.78 is 0. The molecular weight excluding hydrogens is 555 g/mol. The van der Waals surface area contributed by atoms with Gasteiger partial charge in [0, 0.05) is 0 Å². The second-order valence-corrected chi connectivity index (χ2v) is 12.7. The third kappa shape index (κ3) is 4.59. The fraction of sp³-hybridized carbons (Fsp3) is 0.111. The molecule has 1 heteroatoms. The number of rotatable bonds is 7. The summed E-state index contributed by atoms with van der Waals surface area (Å²) in [7, 11) is 0. The van der Waals surface area contributed by atoms with Crippen LogP contribution in [0.2, 0.25) is 0 Å². The van der Waals surface area contributed by atoms with Crippen LogP contribution >= 0.6 is 0 Å². The SMILES string of the molecule is NC(Cc1ccccc1)(c1ccccc1)c1ccc(-c2ccc3c(c2)C(c2ccccc2)(c2ccccc2)C2=C3C=CCC2)cc1. The summed E-state index contributed by atoms with van der Waals surface area (Å²) in [6.07, 6.45) is 7.53. The molecule has 2 aliphatic rings. The van der Waals surface area contributed by atoms with E-state index >= 15 is 0 Å². The first-order chi connectivity index (χ1) is 22.7. The molecule has 2 N–H and O–H groups in total. The van der Waals surface area contributed by atoms with Crippen molar-refractivity contribution in [2.45, 2.75) is 30.2 Å². The summed E-state index contributed by atoms with van der Waals surface area (Å²) in [5, 5.41) is 0. The van der Waals surface area contributed by atoms with Crippen molar-refractivity contribution in [1.29, 1.82) is 0 Å². The molecule has 0 aliphatic heterocycles. The average molecular weight is 592 g/mol. The van der Waals surface area contributed by atoms with E-state index in [-0.39, 0.29) is 5.41 Å². The lowest BCUT2D eigenvalue weighted by Gasteiger charge is -2.36. The zero-order valence-corrected chi connectivity index (χ0v) is 25.9. The highest BCUT2D eigenvalue weighted by Crippen LogP contribution is 2.57. The lowest BCUT2D eigenvalue weighted by atomic mass is 9.65. The monoisotopic (exact) mass is 591 g/mol. The molecular formula is C45H37N. The molecule has 0 radical (unpaired) electrons. The Labute approximate surface area is 272 Å². The Hall–Kier alpha value is -5.24. The van der Waals surface area contributed by atoms with Crippen LogP contribution in [0.25, 0.3) is 16.7 Å². The zero-order valence-electron chi connectivity index (χ0n) is 25.9. The molecule has 222 valence electrons. The minimum absolute atomic E-state index is 0.330. The number of hydrogen-bond donors (Lipinski definition) is 1. The Kier molecular flexibility index (Phi) is 7.12. The molecule has 0 heterocycles. The van der Waals surface area contributed by atoms with Crippen molar-refractivity contribution in [2.24, 2.45) is 5.73 Å². The summed E-state index contributed by atoms with van der Waals surface area (Å²) >= 11 is 0. The Balaban J connectivity index is 1.25. The van der Waals surface area contributed by atoms with Crippen LogP contribution in [0, 0.1) is 0 Å². The van der Waals surface area contributed by atoms with Gasteiger partial charge in [-0.15, -0.1) is 0 Å². The van der Waals surface area contributed by atoms with E-state index in [2.05, 4.69) is 176 Å². The maximum atomic E-state index is 7.35. The van der Waals surface area contributed by atoms with Gasteiger partial charge in [0.1, 0.15) is 0 Å². The Bertz CT molecular complexity index is 2000. The van der Waals surface area contributed by atoms with Gasteiger partial charge in [0.05, 0.1) is 11.0 Å². The van der Waals surface area contributed by atoms with Crippen LogP contribution in [-0.2, 0) is 17.4 Å². The van der Waals surface area contributed by atoms with Crippen molar-refractivity contribution < 1.29 is 0 Å². The largest absolute Gasteiger partial charge is 0.317 e. The van der Waals surface area contributed by atoms with E-state index in [4.69, 9.17) is 5.73 Å². The van der Waals surface area contributed by atoms with E-state index in [1.165, 1.54) is 50.1 Å². The second kappa shape index (κ2) is 11.6. The summed E-state index contributed by atoms with van der Waals surface area (Å²) in [6.45, 7) is 0. The predicted octanol–water partition coefficient (Wildman–Crippen LogP) is 10.3. The number of nitrogens with two attached hydrogens (primary N) is 1. The van der Waals surface area contributed by atoms with Gasteiger partial charge < -0.3 is 5.73 Å². The third-order valence-corrected chi connectivity index (χ3v) is 10.1. The minimum Gasteiger partial charge on any atom is -0.317 e. The van der Waals surface area contributed by atoms with Gasteiger partial charge in [-0.1, -0.05) is 170 Å². The maximum Gasteiger partial charge on any atom is 0.0706 e. The Morgan fingerprint density at radius 3 is 1.74 bits per heavy atom. The van der Waals surface area contributed by atoms with E-state index in [0.29, 0.717) is 0 Å². The van der Waals surface area contributed by atoms with Crippen molar-refractivity contribution in [3.05, 3.63) is 220 Å². The highest BCUT2D eigenvalue weighted by atomic mass is 14.7. The fourth-order valence-electron chi connectivity index (χ4n) is 7.92.